The SMILES string of the molecule is CN1C=CN(c2[c-]c(-n3c4[c-]c(-c5nc6ccc(-c7cccc8ccccc78)cc6n5C)ccc4c4cccnc43)ccc2)[CH-]1.CN1C=CN(c2[c-]c(-n3c4[c-]c(-c5nc6ccccc6n5C)ccc4c4cc(-c5cccc6ccccc56)ccc43)ccc2)[CH-]1.CN1C=CN(c2[c-]c(-n3c4[c-]c(-c5nc6ccccc6n5C)ccc4c4ccc(-c5cccc6ccccc56)cc43)ccc2)[CH-]1.[Pt].[Pt].[Pt]. The van der Waals surface area contributed by atoms with Crippen molar-refractivity contribution >= 4 is 148 Å². The van der Waals surface area contributed by atoms with Gasteiger partial charge in [0.1, 0.15) is 5.65 Å². The van der Waals surface area contributed by atoms with Crippen LogP contribution in [-0.2, 0) is 84.3 Å². The van der Waals surface area contributed by atoms with E-state index in [1.807, 2.05) is 105 Å². The maximum atomic E-state index is 5.09. The third-order valence-electron chi connectivity index (χ3n) is 26.4. The van der Waals surface area contributed by atoms with Gasteiger partial charge in [0.15, 0.2) is 0 Å². The summed E-state index contributed by atoms with van der Waals surface area (Å²) in [4.78, 5) is 32.2. The number of fused-ring (bicyclic) bond motifs is 15. The van der Waals surface area contributed by atoms with E-state index in [0.717, 1.165) is 156 Å². The van der Waals surface area contributed by atoms with Crippen molar-refractivity contribution in [3.8, 4) is 84.6 Å². The van der Waals surface area contributed by atoms with Crippen LogP contribution >= 0.6 is 0 Å². The van der Waals surface area contributed by atoms with Gasteiger partial charge in [-0.3, -0.25) is 15.0 Å². The number of aryl methyl sites for hydroxylation is 3. The predicted octanol–water partition coefficient (Wildman–Crippen LogP) is 26.7. The van der Waals surface area contributed by atoms with Crippen molar-refractivity contribution in [1.82, 2.24) is 62.0 Å². The van der Waals surface area contributed by atoms with E-state index >= 15 is 0 Å². The van der Waals surface area contributed by atoms with E-state index in [4.69, 9.17) is 19.9 Å². The number of hydrogen-bond donors (Lipinski definition) is 0. The fourth-order valence-electron chi connectivity index (χ4n) is 19.9. The van der Waals surface area contributed by atoms with Crippen molar-refractivity contribution in [3.05, 3.63) is 433 Å². The Hall–Kier alpha value is -15.4. The number of hydrogen-bond acceptors (Lipinski definition) is 10. The van der Waals surface area contributed by atoms with Crippen LogP contribution in [-0.4, -0.2) is 83.2 Å². The van der Waals surface area contributed by atoms with Gasteiger partial charge in [-0.2, -0.15) is 38.2 Å². The Morgan fingerprint density at radius 1 is 0.239 bits per heavy atom. The Kier molecular flexibility index (Phi) is 22.9. The third-order valence-corrected chi connectivity index (χ3v) is 26.4. The summed E-state index contributed by atoms with van der Waals surface area (Å²) in [5.74, 6) is 2.65. The summed E-state index contributed by atoms with van der Waals surface area (Å²) in [6, 6.07) is 140. The number of para-hydroxylation sites is 4. The molecule has 0 amide bonds. The van der Waals surface area contributed by atoms with E-state index in [2.05, 4.69) is 428 Å². The van der Waals surface area contributed by atoms with Gasteiger partial charge >= 0.3 is 0 Å². The largest absolute Gasteiger partial charge is 0.510 e. The van der Waals surface area contributed by atoms with Crippen LogP contribution in [0.2, 0.25) is 0 Å². The molecule has 0 saturated heterocycles. The van der Waals surface area contributed by atoms with Gasteiger partial charge in [0.25, 0.3) is 0 Å². The van der Waals surface area contributed by atoms with E-state index in [9.17, 15) is 0 Å². The molecule has 7 aromatic heterocycles. The molecule has 138 heavy (non-hydrogen) atoms. The van der Waals surface area contributed by atoms with Crippen LogP contribution < -0.4 is 14.7 Å². The Morgan fingerprint density at radius 3 is 1.05 bits per heavy atom. The molecule has 0 atom stereocenters. The molecule has 27 rings (SSSR count). The molecule has 17 aromatic carbocycles. The van der Waals surface area contributed by atoms with Crippen LogP contribution in [0.4, 0.5) is 17.1 Å². The minimum absolute atomic E-state index is 0. The molecule has 3 aliphatic rings. The molecule has 0 aliphatic carbocycles. The van der Waals surface area contributed by atoms with Crippen molar-refractivity contribution < 1.29 is 63.2 Å². The molecule has 10 heterocycles. The maximum absolute atomic E-state index is 5.09. The fourth-order valence-corrected chi connectivity index (χ4v) is 19.9. The van der Waals surface area contributed by atoms with Crippen molar-refractivity contribution in [3.63, 3.8) is 0 Å². The summed E-state index contributed by atoms with van der Waals surface area (Å²) < 4.78 is 13.2. The summed E-state index contributed by atoms with van der Waals surface area (Å²) in [7, 11) is 12.3. The molecule has 24 aromatic rings. The summed E-state index contributed by atoms with van der Waals surface area (Å²) in [6.45, 7) is 6.13. The topological polar surface area (TPSA) is 101 Å². The van der Waals surface area contributed by atoms with Gasteiger partial charge in [0, 0.05) is 102 Å². The zero-order chi connectivity index (χ0) is 90.2. The second-order valence-electron chi connectivity index (χ2n) is 34.7. The molecule has 0 spiro atoms. The maximum Gasteiger partial charge on any atom is 0.132 e. The summed E-state index contributed by atoms with van der Waals surface area (Å²) >= 11 is 0. The summed E-state index contributed by atoms with van der Waals surface area (Å²) in [5, 5.41) is 14.2. The van der Waals surface area contributed by atoms with E-state index in [-0.39, 0.29) is 63.2 Å². The number of nitrogens with zero attached hydrogens (tertiary/aromatic N) is 16. The van der Waals surface area contributed by atoms with Crippen molar-refractivity contribution in [1.29, 1.82) is 0 Å². The molecule has 678 valence electrons. The number of aromatic nitrogens is 10. The monoisotopic (exact) mass is 2320 g/mol. The van der Waals surface area contributed by atoms with Crippen LogP contribution in [0.5, 0.6) is 0 Å². The number of benzene rings is 17. The molecule has 19 heteroatoms. The van der Waals surface area contributed by atoms with Gasteiger partial charge in [-0.1, -0.05) is 221 Å². The Balaban J connectivity index is 0.000000118. The minimum Gasteiger partial charge on any atom is -0.510 e. The standard InChI is InChI=1S/2C40H28N5.C39H27N6.3Pt/c1-42-21-22-44(26-42)30-11-8-12-31(25-30)45-37-20-18-28(33-14-7-10-27-9-3-4-13-32(27)33)23-35(37)34-19-17-29(24-39(34)45)40-41-36-15-5-6-16-38(36)43(40)2;1-42-21-22-44(26-42)30-11-8-12-31(25-30)45-38-23-28(33-14-7-10-27-9-3-4-13-32(27)33)17-19-34(38)35-20-18-29(24-39(35)45)40-41-36-15-5-6-16-37(36)43(40)2;1-42-20-21-44(25-42)29-10-6-11-30(24-29)45-36-23-28(15-17-33(36)34-14-7-19-40-39(34)45)38-41-35-18-16-27(22-37(35)43(38)2)32-13-5-9-26-8-3-4-12-31(26)32;;;/h2*3-23,26H,1-2H3;3-22,25H,1-2H3;;;/q3*-3;;;. The van der Waals surface area contributed by atoms with Gasteiger partial charge in [-0.15, -0.1) is 143 Å². The zero-order valence-electron chi connectivity index (χ0n) is 75.6. The molecule has 3 aliphatic heterocycles. The van der Waals surface area contributed by atoms with E-state index in [1.165, 1.54) is 76.5 Å². The normalized spacial score (nSPS) is 13.0. The first-order valence-electron chi connectivity index (χ1n) is 45.1. The van der Waals surface area contributed by atoms with Gasteiger partial charge in [-0.25, -0.2) is 4.98 Å². The average molecular weight is 2320 g/mol. The van der Waals surface area contributed by atoms with Crippen molar-refractivity contribution in [2.75, 3.05) is 35.8 Å². The average Bonchev–Trinajstić information content (AvgIpc) is 1.59. The minimum atomic E-state index is 0. The first kappa shape index (κ1) is 87.9. The first-order valence-corrected chi connectivity index (χ1v) is 45.1. The molecule has 0 radical (unpaired) electrons. The molecule has 0 unspecified atom stereocenters. The van der Waals surface area contributed by atoms with Gasteiger partial charge < -0.3 is 56.8 Å². The zero-order valence-corrected chi connectivity index (χ0v) is 82.4. The molecule has 16 nitrogen and oxygen atoms in total. The van der Waals surface area contributed by atoms with Gasteiger partial charge in [0.2, 0.25) is 0 Å². The molecule has 0 bridgehead atoms. The van der Waals surface area contributed by atoms with Crippen LogP contribution in [0.25, 0.3) is 216 Å². The summed E-state index contributed by atoms with van der Waals surface area (Å²) in [5.41, 5.74) is 27.9. The van der Waals surface area contributed by atoms with E-state index in [1.54, 1.807) is 0 Å². The molecule has 0 fully saturated rings. The van der Waals surface area contributed by atoms with Crippen LogP contribution in [0.3, 0.4) is 0 Å². The van der Waals surface area contributed by atoms with Gasteiger partial charge in [0.05, 0.1) is 50.6 Å². The summed E-state index contributed by atoms with van der Waals surface area (Å²) in [6.07, 6.45) is 14.1. The Labute approximate surface area is 841 Å². The quantitative estimate of drug-likeness (QED) is 0.110. The van der Waals surface area contributed by atoms with E-state index in [0.29, 0.717) is 0 Å². The molecular formula is C119H83N16Pt3-9. The van der Waals surface area contributed by atoms with Gasteiger partial charge in [-0.05, 0) is 211 Å². The smallest absolute Gasteiger partial charge is 0.132 e. The van der Waals surface area contributed by atoms with Crippen LogP contribution in [0, 0.1) is 56.4 Å². The van der Waals surface area contributed by atoms with Crippen molar-refractivity contribution in [2.24, 2.45) is 21.1 Å². The predicted molar refractivity (Wildman–Crippen MR) is 552 cm³/mol. The fraction of sp³-hybridized carbons (Fsp3) is 0.0504. The van der Waals surface area contributed by atoms with Crippen LogP contribution in [0.15, 0.2) is 377 Å². The second-order valence-corrected chi connectivity index (χ2v) is 34.7. The number of rotatable bonds is 12. The van der Waals surface area contributed by atoms with Crippen molar-refractivity contribution in [2.45, 2.75) is 0 Å². The number of imidazole rings is 3. The molecule has 0 N–H and O–H groups in total. The van der Waals surface area contributed by atoms with Crippen LogP contribution in [0.1, 0.15) is 0 Å². The molecule has 0 saturated carbocycles. The second kappa shape index (κ2) is 36.0. The number of pyridine rings is 1. The third kappa shape index (κ3) is 15.3. The Bertz CT molecular complexity index is 8950. The van der Waals surface area contributed by atoms with E-state index < -0.39 is 0 Å². The first-order chi connectivity index (χ1) is 66.4. The molecular weight excluding hydrogens is 2240 g/mol. The number of anilines is 3. The Morgan fingerprint density at radius 2 is 0.587 bits per heavy atom.